The zero-order chi connectivity index (χ0) is 15.3. The van der Waals surface area contributed by atoms with Crippen LogP contribution < -0.4 is 15.8 Å². The second-order valence-electron chi connectivity index (χ2n) is 5.55. The van der Waals surface area contributed by atoms with Crippen LogP contribution >= 0.6 is 0 Å². The lowest BCUT2D eigenvalue weighted by molar-refractivity contribution is 0.0916. The van der Waals surface area contributed by atoms with Crippen LogP contribution in [-0.4, -0.2) is 43.6 Å². The van der Waals surface area contributed by atoms with E-state index in [0.717, 1.165) is 0 Å². The van der Waals surface area contributed by atoms with Crippen molar-refractivity contribution in [2.45, 2.75) is 26.3 Å². The standard InChI is InChI=1S/C15H25N3O2/c1-6-20-13-11(8-7-9-12(13)16)14(19)17-10-15(2,3)18(4)5/h7-9H,6,10,16H2,1-5H3,(H,17,19). The van der Waals surface area contributed by atoms with Crippen molar-refractivity contribution >= 4 is 11.6 Å². The van der Waals surface area contributed by atoms with Gasteiger partial charge in [-0.3, -0.25) is 4.79 Å². The number of hydrogen-bond acceptors (Lipinski definition) is 4. The zero-order valence-corrected chi connectivity index (χ0v) is 13.0. The molecule has 1 amide bonds. The van der Waals surface area contributed by atoms with E-state index in [2.05, 4.69) is 24.1 Å². The van der Waals surface area contributed by atoms with E-state index < -0.39 is 0 Å². The second-order valence-corrected chi connectivity index (χ2v) is 5.55. The van der Waals surface area contributed by atoms with Gasteiger partial charge >= 0.3 is 0 Å². The number of anilines is 1. The van der Waals surface area contributed by atoms with Gasteiger partial charge in [0.1, 0.15) is 0 Å². The molecule has 0 saturated carbocycles. The summed E-state index contributed by atoms with van der Waals surface area (Å²) in [6, 6.07) is 5.20. The molecule has 0 aromatic heterocycles. The third-order valence-electron chi connectivity index (χ3n) is 3.47. The molecule has 1 aromatic carbocycles. The Kier molecular flexibility index (Phi) is 5.39. The number of hydrogen-bond donors (Lipinski definition) is 2. The quantitative estimate of drug-likeness (QED) is 0.778. The van der Waals surface area contributed by atoms with Gasteiger partial charge in [0.05, 0.1) is 17.9 Å². The highest BCUT2D eigenvalue weighted by molar-refractivity contribution is 5.98. The molecule has 5 heteroatoms. The SMILES string of the molecule is CCOc1c(N)cccc1C(=O)NCC(C)(C)N(C)C. The summed E-state index contributed by atoms with van der Waals surface area (Å²) < 4.78 is 5.47. The number of likely N-dealkylation sites (N-methyl/N-ethyl adjacent to an activating group) is 1. The van der Waals surface area contributed by atoms with E-state index >= 15 is 0 Å². The van der Waals surface area contributed by atoms with Crippen LogP contribution in [0.4, 0.5) is 5.69 Å². The third kappa shape index (κ3) is 3.87. The Morgan fingerprint density at radius 3 is 2.60 bits per heavy atom. The van der Waals surface area contributed by atoms with Crippen molar-refractivity contribution in [3.63, 3.8) is 0 Å². The molecule has 0 aliphatic heterocycles. The van der Waals surface area contributed by atoms with Gasteiger partial charge in [-0.1, -0.05) is 6.07 Å². The van der Waals surface area contributed by atoms with Crippen molar-refractivity contribution in [3.05, 3.63) is 23.8 Å². The lowest BCUT2D eigenvalue weighted by Crippen LogP contribution is -2.48. The number of carbonyl (C=O) groups excluding carboxylic acids is 1. The Labute approximate surface area is 121 Å². The molecule has 0 unspecified atom stereocenters. The normalized spacial score (nSPS) is 11.5. The number of carbonyl (C=O) groups is 1. The average molecular weight is 279 g/mol. The van der Waals surface area contributed by atoms with Crippen molar-refractivity contribution in [1.29, 1.82) is 0 Å². The highest BCUT2D eigenvalue weighted by atomic mass is 16.5. The molecule has 0 saturated heterocycles. The lowest BCUT2D eigenvalue weighted by Gasteiger charge is -2.32. The van der Waals surface area contributed by atoms with Gasteiger partial charge in [-0.2, -0.15) is 0 Å². The summed E-state index contributed by atoms with van der Waals surface area (Å²) in [4.78, 5) is 14.4. The number of nitrogens with two attached hydrogens (primary N) is 1. The van der Waals surface area contributed by atoms with E-state index in [-0.39, 0.29) is 11.4 Å². The summed E-state index contributed by atoms with van der Waals surface area (Å²) in [6.45, 7) is 7.01. The van der Waals surface area contributed by atoms with Gasteiger partial charge in [0.25, 0.3) is 5.91 Å². The fourth-order valence-corrected chi connectivity index (χ4v) is 1.59. The molecule has 0 spiro atoms. The number of ether oxygens (including phenoxy) is 1. The van der Waals surface area contributed by atoms with Crippen molar-refractivity contribution in [2.75, 3.05) is 33.0 Å². The van der Waals surface area contributed by atoms with Crippen molar-refractivity contribution in [2.24, 2.45) is 0 Å². The molecule has 0 heterocycles. The summed E-state index contributed by atoms with van der Waals surface area (Å²) in [5.74, 6) is 0.283. The van der Waals surface area contributed by atoms with Crippen LogP contribution in [0, 0.1) is 0 Å². The van der Waals surface area contributed by atoms with Crippen LogP contribution in [0.2, 0.25) is 0 Å². The van der Waals surface area contributed by atoms with Crippen molar-refractivity contribution in [1.82, 2.24) is 10.2 Å². The van der Waals surface area contributed by atoms with Gasteiger partial charge < -0.3 is 20.7 Å². The van der Waals surface area contributed by atoms with Crippen LogP contribution in [0.5, 0.6) is 5.75 Å². The van der Waals surface area contributed by atoms with Crippen LogP contribution in [0.15, 0.2) is 18.2 Å². The molecule has 112 valence electrons. The maximum atomic E-state index is 12.3. The third-order valence-corrected chi connectivity index (χ3v) is 3.47. The molecular weight excluding hydrogens is 254 g/mol. The van der Waals surface area contributed by atoms with Gasteiger partial charge in [-0.15, -0.1) is 0 Å². The Hall–Kier alpha value is -1.75. The van der Waals surface area contributed by atoms with E-state index in [1.54, 1.807) is 18.2 Å². The van der Waals surface area contributed by atoms with E-state index in [1.807, 2.05) is 21.0 Å². The largest absolute Gasteiger partial charge is 0.491 e. The molecule has 1 aromatic rings. The van der Waals surface area contributed by atoms with Gasteiger partial charge in [-0.05, 0) is 47.0 Å². The fourth-order valence-electron chi connectivity index (χ4n) is 1.59. The first kappa shape index (κ1) is 16.3. The number of nitrogens with one attached hydrogen (secondary N) is 1. The fraction of sp³-hybridized carbons (Fsp3) is 0.533. The minimum absolute atomic E-state index is 0.123. The summed E-state index contributed by atoms with van der Waals surface area (Å²) in [6.07, 6.45) is 0. The van der Waals surface area contributed by atoms with Crippen LogP contribution in [0.25, 0.3) is 0 Å². The maximum absolute atomic E-state index is 12.3. The predicted octanol–water partition coefficient (Wildman–Crippen LogP) is 1.74. The van der Waals surface area contributed by atoms with Gasteiger partial charge in [0, 0.05) is 12.1 Å². The van der Waals surface area contributed by atoms with Crippen LogP contribution in [-0.2, 0) is 0 Å². The summed E-state index contributed by atoms with van der Waals surface area (Å²) in [5.41, 5.74) is 6.69. The smallest absolute Gasteiger partial charge is 0.255 e. The van der Waals surface area contributed by atoms with Gasteiger partial charge in [-0.25, -0.2) is 0 Å². The molecule has 0 atom stereocenters. The monoisotopic (exact) mass is 279 g/mol. The van der Waals surface area contributed by atoms with Gasteiger partial charge in [0.15, 0.2) is 5.75 Å². The molecular formula is C15H25N3O2. The number of rotatable bonds is 6. The first-order valence-electron chi connectivity index (χ1n) is 6.76. The average Bonchev–Trinajstić information content (AvgIpc) is 2.38. The van der Waals surface area contributed by atoms with E-state index in [9.17, 15) is 4.79 Å². The Morgan fingerprint density at radius 1 is 1.40 bits per heavy atom. The highest BCUT2D eigenvalue weighted by Gasteiger charge is 2.22. The number of nitrogen functional groups attached to an aromatic ring is 1. The predicted molar refractivity (Wildman–Crippen MR) is 82.1 cm³/mol. The number of para-hydroxylation sites is 1. The maximum Gasteiger partial charge on any atom is 0.255 e. The van der Waals surface area contributed by atoms with E-state index in [1.165, 1.54) is 0 Å². The molecule has 0 aliphatic rings. The molecule has 1 rings (SSSR count). The highest BCUT2D eigenvalue weighted by Crippen LogP contribution is 2.26. The summed E-state index contributed by atoms with van der Waals surface area (Å²) in [5, 5.41) is 2.93. The first-order chi connectivity index (χ1) is 9.29. The second kappa shape index (κ2) is 6.61. The Balaban J connectivity index is 2.85. The van der Waals surface area contributed by atoms with Crippen LogP contribution in [0.3, 0.4) is 0 Å². The van der Waals surface area contributed by atoms with Crippen LogP contribution in [0.1, 0.15) is 31.1 Å². The minimum atomic E-state index is -0.171. The summed E-state index contributed by atoms with van der Waals surface area (Å²) >= 11 is 0. The molecule has 5 nitrogen and oxygen atoms in total. The zero-order valence-electron chi connectivity index (χ0n) is 13.0. The minimum Gasteiger partial charge on any atom is -0.491 e. The topological polar surface area (TPSA) is 67.6 Å². The van der Waals surface area contributed by atoms with E-state index in [4.69, 9.17) is 10.5 Å². The Morgan fingerprint density at radius 2 is 2.05 bits per heavy atom. The molecule has 0 aliphatic carbocycles. The van der Waals surface area contributed by atoms with E-state index in [0.29, 0.717) is 30.2 Å². The van der Waals surface area contributed by atoms with Crippen molar-refractivity contribution in [3.8, 4) is 5.75 Å². The Bertz CT molecular complexity index is 470. The number of benzene rings is 1. The number of nitrogens with zero attached hydrogens (tertiary/aromatic N) is 1. The van der Waals surface area contributed by atoms with Gasteiger partial charge in [0.2, 0.25) is 0 Å². The molecule has 0 fully saturated rings. The lowest BCUT2D eigenvalue weighted by atomic mass is 10.0. The van der Waals surface area contributed by atoms with Crippen molar-refractivity contribution < 1.29 is 9.53 Å². The number of amides is 1. The molecule has 20 heavy (non-hydrogen) atoms. The first-order valence-corrected chi connectivity index (χ1v) is 6.76. The molecule has 0 radical (unpaired) electrons. The molecule has 0 bridgehead atoms. The summed E-state index contributed by atoms with van der Waals surface area (Å²) in [7, 11) is 3.97. The molecule has 3 N–H and O–H groups in total.